The molecule has 0 atom stereocenters. The maximum absolute atomic E-state index is 11.9. The molecule has 0 aliphatic rings. The van der Waals surface area contributed by atoms with E-state index in [4.69, 9.17) is 5.11 Å². The topological polar surface area (TPSA) is 99.3 Å². The first kappa shape index (κ1) is 13.7. The van der Waals surface area contributed by atoms with Gasteiger partial charge in [-0.05, 0) is 18.9 Å². The Balaban J connectivity index is 3.08. The summed E-state index contributed by atoms with van der Waals surface area (Å²) in [6.45, 7) is 3.27. The van der Waals surface area contributed by atoms with Crippen molar-refractivity contribution in [2.45, 2.75) is 37.1 Å². The first-order chi connectivity index (χ1) is 7.88. The van der Waals surface area contributed by atoms with Crippen LogP contribution in [0.2, 0.25) is 0 Å². The molecular formula is C10H16N2O4S. The van der Waals surface area contributed by atoms with Gasteiger partial charge in [0.1, 0.15) is 5.54 Å². The third-order valence-electron chi connectivity index (χ3n) is 2.83. The van der Waals surface area contributed by atoms with E-state index in [0.29, 0.717) is 0 Å². The van der Waals surface area contributed by atoms with E-state index in [9.17, 15) is 13.2 Å². The van der Waals surface area contributed by atoms with E-state index in [-0.39, 0.29) is 17.7 Å². The van der Waals surface area contributed by atoms with E-state index in [1.165, 1.54) is 18.5 Å². The maximum atomic E-state index is 11.9. The number of carboxylic acid groups (broad SMARTS) is 1. The highest BCUT2D eigenvalue weighted by Crippen LogP contribution is 2.19. The molecule has 0 aliphatic heterocycles. The van der Waals surface area contributed by atoms with E-state index >= 15 is 0 Å². The fourth-order valence-electron chi connectivity index (χ4n) is 1.53. The molecule has 1 rings (SSSR count). The number of H-pyrrole nitrogens is 1. The maximum Gasteiger partial charge on any atom is 0.324 e. The number of nitrogens with one attached hydrogen (secondary N) is 2. The molecule has 17 heavy (non-hydrogen) atoms. The van der Waals surface area contributed by atoms with Crippen molar-refractivity contribution in [2.24, 2.45) is 0 Å². The van der Waals surface area contributed by atoms with Crippen LogP contribution in [0, 0.1) is 0 Å². The lowest BCUT2D eigenvalue weighted by Crippen LogP contribution is -2.53. The lowest BCUT2D eigenvalue weighted by Gasteiger charge is -2.27. The summed E-state index contributed by atoms with van der Waals surface area (Å²) in [5.41, 5.74) is -1.45. The van der Waals surface area contributed by atoms with Gasteiger partial charge in [-0.3, -0.25) is 4.79 Å². The molecule has 3 N–H and O–H groups in total. The van der Waals surface area contributed by atoms with Crippen molar-refractivity contribution in [2.75, 3.05) is 0 Å². The molecule has 0 amide bonds. The summed E-state index contributed by atoms with van der Waals surface area (Å²) in [5.74, 6) is -1.17. The number of carbonyl (C=O) groups is 1. The minimum atomic E-state index is -3.81. The van der Waals surface area contributed by atoms with Crippen LogP contribution in [-0.2, 0) is 14.8 Å². The first-order valence-electron chi connectivity index (χ1n) is 5.28. The summed E-state index contributed by atoms with van der Waals surface area (Å²) in [6, 6.07) is 1.38. The van der Waals surface area contributed by atoms with Crippen LogP contribution in [-0.4, -0.2) is 30.0 Å². The second-order valence-corrected chi connectivity index (χ2v) is 5.43. The summed E-state index contributed by atoms with van der Waals surface area (Å²) < 4.78 is 26.1. The Labute approximate surface area is 100 Å². The van der Waals surface area contributed by atoms with Gasteiger partial charge in [-0.15, -0.1) is 0 Å². The lowest BCUT2D eigenvalue weighted by molar-refractivity contribution is -0.144. The molecule has 0 spiro atoms. The van der Waals surface area contributed by atoms with Crippen molar-refractivity contribution < 1.29 is 18.3 Å². The molecule has 0 saturated carbocycles. The minimum absolute atomic E-state index is 0.0324. The fraction of sp³-hybridized carbons (Fsp3) is 0.500. The molecule has 0 radical (unpaired) electrons. The van der Waals surface area contributed by atoms with Gasteiger partial charge < -0.3 is 10.1 Å². The Kier molecular flexibility index (Phi) is 3.94. The Morgan fingerprint density at radius 3 is 2.41 bits per heavy atom. The van der Waals surface area contributed by atoms with Crippen LogP contribution in [0.15, 0.2) is 23.4 Å². The smallest absolute Gasteiger partial charge is 0.324 e. The number of aromatic amines is 1. The molecule has 0 unspecified atom stereocenters. The lowest BCUT2D eigenvalue weighted by atomic mass is 9.95. The third kappa shape index (κ3) is 2.67. The third-order valence-corrected chi connectivity index (χ3v) is 4.36. The average molecular weight is 260 g/mol. The van der Waals surface area contributed by atoms with Gasteiger partial charge in [0.15, 0.2) is 0 Å². The van der Waals surface area contributed by atoms with Gasteiger partial charge in [-0.25, -0.2) is 8.42 Å². The van der Waals surface area contributed by atoms with Gasteiger partial charge in [0, 0.05) is 12.4 Å². The molecule has 6 nitrogen and oxygen atoms in total. The van der Waals surface area contributed by atoms with Crippen molar-refractivity contribution in [3.8, 4) is 0 Å². The standard InChI is InChI=1S/C10H16N2O4S/c1-3-10(4-2,9(13)14)12-17(15,16)8-5-6-11-7-8/h5-7,11-12H,3-4H2,1-2H3,(H,13,14). The molecule has 0 bridgehead atoms. The van der Waals surface area contributed by atoms with Gasteiger partial charge in [-0.1, -0.05) is 13.8 Å². The van der Waals surface area contributed by atoms with Gasteiger partial charge in [0.2, 0.25) is 10.0 Å². The number of hydrogen-bond donors (Lipinski definition) is 3. The Morgan fingerprint density at radius 1 is 1.47 bits per heavy atom. The van der Waals surface area contributed by atoms with Crippen LogP contribution in [0.3, 0.4) is 0 Å². The number of aliphatic carboxylic acids is 1. The number of aromatic nitrogens is 1. The van der Waals surface area contributed by atoms with Crippen LogP contribution in [0.4, 0.5) is 0 Å². The molecule has 1 aromatic heterocycles. The Morgan fingerprint density at radius 2 is 2.06 bits per heavy atom. The Bertz CT molecular complexity index is 474. The minimum Gasteiger partial charge on any atom is -0.480 e. The first-order valence-corrected chi connectivity index (χ1v) is 6.76. The van der Waals surface area contributed by atoms with Gasteiger partial charge >= 0.3 is 5.97 Å². The van der Waals surface area contributed by atoms with E-state index in [1.54, 1.807) is 13.8 Å². The summed E-state index contributed by atoms with van der Waals surface area (Å²) in [4.78, 5) is 13.8. The zero-order valence-corrected chi connectivity index (χ0v) is 10.5. The molecule has 1 heterocycles. The van der Waals surface area contributed by atoms with E-state index in [2.05, 4.69) is 9.71 Å². The predicted octanol–water partition coefficient (Wildman–Crippen LogP) is 0.936. The zero-order valence-electron chi connectivity index (χ0n) is 9.73. The SMILES string of the molecule is CCC(CC)(NS(=O)(=O)c1cc[nH]c1)C(=O)O. The second kappa shape index (κ2) is 4.89. The van der Waals surface area contributed by atoms with Crippen LogP contribution in [0.1, 0.15) is 26.7 Å². The molecule has 0 aromatic carbocycles. The van der Waals surface area contributed by atoms with Crippen molar-refractivity contribution in [1.82, 2.24) is 9.71 Å². The molecular weight excluding hydrogens is 244 g/mol. The van der Waals surface area contributed by atoms with Crippen LogP contribution in [0.5, 0.6) is 0 Å². The van der Waals surface area contributed by atoms with Crippen LogP contribution < -0.4 is 4.72 Å². The normalized spacial score (nSPS) is 12.6. The zero-order chi connectivity index (χ0) is 13.1. The van der Waals surface area contributed by atoms with E-state index < -0.39 is 21.5 Å². The summed E-state index contributed by atoms with van der Waals surface area (Å²) in [7, 11) is -3.81. The second-order valence-electron chi connectivity index (χ2n) is 3.75. The molecule has 7 heteroatoms. The molecule has 0 aliphatic carbocycles. The van der Waals surface area contributed by atoms with Gasteiger partial charge in [-0.2, -0.15) is 4.72 Å². The predicted molar refractivity (Wildman–Crippen MR) is 62.1 cm³/mol. The monoisotopic (exact) mass is 260 g/mol. The van der Waals surface area contributed by atoms with E-state index in [0.717, 1.165) is 0 Å². The molecule has 0 saturated heterocycles. The van der Waals surface area contributed by atoms with Crippen LogP contribution >= 0.6 is 0 Å². The van der Waals surface area contributed by atoms with Crippen LogP contribution in [0.25, 0.3) is 0 Å². The Hall–Kier alpha value is -1.34. The molecule has 0 fully saturated rings. The van der Waals surface area contributed by atoms with Gasteiger partial charge in [0.05, 0.1) is 4.90 Å². The highest BCUT2D eigenvalue weighted by atomic mass is 32.2. The van der Waals surface area contributed by atoms with Crippen molar-refractivity contribution >= 4 is 16.0 Å². The quantitative estimate of drug-likeness (QED) is 0.708. The van der Waals surface area contributed by atoms with Crippen molar-refractivity contribution in [3.05, 3.63) is 18.5 Å². The number of sulfonamides is 1. The van der Waals surface area contributed by atoms with Crippen molar-refractivity contribution in [1.29, 1.82) is 0 Å². The number of rotatable bonds is 6. The van der Waals surface area contributed by atoms with Gasteiger partial charge in [0.25, 0.3) is 0 Å². The summed E-state index contributed by atoms with van der Waals surface area (Å²) in [5, 5.41) is 9.15. The average Bonchev–Trinajstić information content (AvgIpc) is 2.79. The summed E-state index contributed by atoms with van der Waals surface area (Å²) in [6.07, 6.45) is 3.14. The fourth-order valence-corrected chi connectivity index (χ4v) is 3.01. The largest absolute Gasteiger partial charge is 0.480 e. The number of carboxylic acids is 1. The molecule has 1 aromatic rings. The number of hydrogen-bond acceptors (Lipinski definition) is 3. The summed E-state index contributed by atoms with van der Waals surface area (Å²) >= 11 is 0. The van der Waals surface area contributed by atoms with E-state index in [1.807, 2.05) is 0 Å². The molecule has 96 valence electrons. The highest BCUT2D eigenvalue weighted by Gasteiger charge is 2.39. The highest BCUT2D eigenvalue weighted by molar-refractivity contribution is 7.89. The van der Waals surface area contributed by atoms with Crippen molar-refractivity contribution in [3.63, 3.8) is 0 Å².